The van der Waals surface area contributed by atoms with Gasteiger partial charge in [0.1, 0.15) is 11.8 Å². The summed E-state index contributed by atoms with van der Waals surface area (Å²) in [5.74, 6) is -0.581. The predicted molar refractivity (Wildman–Crippen MR) is 159 cm³/mol. The Morgan fingerprint density at radius 2 is 1.69 bits per heavy atom. The molecular weight excluding hydrogens is 585 g/mol. The Morgan fingerprint density at radius 3 is 2.38 bits per heavy atom. The van der Waals surface area contributed by atoms with Crippen LogP contribution in [-0.4, -0.2) is 56.5 Å². The van der Waals surface area contributed by atoms with Crippen LogP contribution in [-0.2, 0) is 25.5 Å². The summed E-state index contributed by atoms with van der Waals surface area (Å²) < 4.78 is 21.3. The first kappa shape index (κ1) is 32.2. The molecule has 0 aliphatic heterocycles. The molecule has 0 heterocycles. The van der Waals surface area contributed by atoms with E-state index in [0.29, 0.717) is 22.1 Å². The van der Waals surface area contributed by atoms with E-state index in [-0.39, 0.29) is 30.4 Å². The van der Waals surface area contributed by atoms with Gasteiger partial charge in [-0.15, -0.1) is 0 Å². The summed E-state index contributed by atoms with van der Waals surface area (Å²) in [7, 11) is 1.46. The van der Waals surface area contributed by atoms with E-state index in [1.807, 2.05) is 30.3 Å². The molecule has 12 heteroatoms. The smallest absolute Gasteiger partial charge is 0.344 e. The second-order valence-corrected chi connectivity index (χ2v) is 9.67. The van der Waals surface area contributed by atoms with Crippen molar-refractivity contribution in [3.63, 3.8) is 0 Å². The number of carbonyl (C=O) groups excluding carboxylic acids is 3. The fraction of sp³-hybridized carbons (Fsp3) is 0.267. The van der Waals surface area contributed by atoms with Crippen LogP contribution in [0.5, 0.6) is 17.2 Å². The maximum Gasteiger partial charge on any atom is 0.344 e. The van der Waals surface area contributed by atoms with Crippen molar-refractivity contribution in [3.8, 4) is 17.2 Å². The molecule has 0 bridgehead atoms. The first-order valence-electron chi connectivity index (χ1n) is 13.0. The molecule has 0 unspecified atom stereocenters. The molecule has 3 aromatic carbocycles. The van der Waals surface area contributed by atoms with Gasteiger partial charge in [0.2, 0.25) is 0 Å². The molecule has 0 aliphatic rings. The van der Waals surface area contributed by atoms with Crippen molar-refractivity contribution >= 4 is 47.2 Å². The monoisotopic (exact) mass is 615 g/mol. The Morgan fingerprint density at radius 1 is 0.952 bits per heavy atom. The SMILES string of the molecule is CCOC(=O)COc1ccc(/C=N\NC(=O)[C@@H](Cc2ccccc2)NC(=O)[C@H](C)Oc2ccc(Cl)cc2Cl)cc1OC. The highest BCUT2D eigenvalue weighted by molar-refractivity contribution is 6.35. The summed E-state index contributed by atoms with van der Waals surface area (Å²) in [6.45, 7) is 3.24. The third-order valence-electron chi connectivity index (χ3n) is 5.71. The Balaban J connectivity index is 1.67. The van der Waals surface area contributed by atoms with Crippen LogP contribution in [0.25, 0.3) is 0 Å². The van der Waals surface area contributed by atoms with Crippen molar-refractivity contribution in [2.75, 3.05) is 20.3 Å². The molecule has 0 aliphatic carbocycles. The summed E-state index contributed by atoms with van der Waals surface area (Å²) in [5.41, 5.74) is 3.89. The van der Waals surface area contributed by atoms with Gasteiger partial charge in [0.05, 0.1) is 25.0 Å². The van der Waals surface area contributed by atoms with Crippen molar-refractivity contribution in [2.24, 2.45) is 5.10 Å². The van der Waals surface area contributed by atoms with Crippen LogP contribution in [0.2, 0.25) is 10.0 Å². The van der Waals surface area contributed by atoms with Gasteiger partial charge in [0, 0.05) is 11.4 Å². The molecule has 222 valence electrons. The summed E-state index contributed by atoms with van der Waals surface area (Å²) in [6.07, 6.45) is 0.656. The summed E-state index contributed by atoms with van der Waals surface area (Å²) in [5, 5.41) is 7.46. The molecule has 2 N–H and O–H groups in total. The van der Waals surface area contributed by atoms with Crippen LogP contribution in [0.3, 0.4) is 0 Å². The number of nitrogens with zero attached hydrogens (tertiary/aromatic N) is 1. The number of nitrogens with one attached hydrogen (secondary N) is 2. The number of carbonyl (C=O) groups is 3. The minimum absolute atomic E-state index is 0.211. The third kappa shape index (κ3) is 9.97. The van der Waals surface area contributed by atoms with Crippen LogP contribution in [0, 0.1) is 0 Å². The number of methoxy groups -OCH3 is 1. The van der Waals surface area contributed by atoms with E-state index in [2.05, 4.69) is 15.8 Å². The Kier molecular flexibility index (Phi) is 12.5. The van der Waals surface area contributed by atoms with Crippen LogP contribution < -0.4 is 25.0 Å². The van der Waals surface area contributed by atoms with Crippen molar-refractivity contribution in [3.05, 3.63) is 87.9 Å². The van der Waals surface area contributed by atoms with Crippen molar-refractivity contribution in [2.45, 2.75) is 32.4 Å². The van der Waals surface area contributed by atoms with Crippen LogP contribution >= 0.6 is 23.2 Å². The van der Waals surface area contributed by atoms with Gasteiger partial charge in [-0.2, -0.15) is 5.10 Å². The average molecular weight is 616 g/mol. The Bertz CT molecular complexity index is 1400. The molecule has 0 spiro atoms. The van der Waals surface area contributed by atoms with Gasteiger partial charge in [0.25, 0.3) is 11.8 Å². The molecule has 3 rings (SSSR count). The molecule has 2 atom stereocenters. The van der Waals surface area contributed by atoms with E-state index in [1.54, 1.807) is 44.2 Å². The van der Waals surface area contributed by atoms with Crippen molar-refractivity contribution in [1.82, 2.24) is 10.7 Å². The number of halogens is 2. The van der Waals surface area contributed by atoms with Crippen molar-refractivity contribution in [1.29, 1.82) is 0 Å². The van der Waals surface area contributed by atoms with Gasteiger partial charge >= 0.3 is 5.97 Å². The second kappa shape index (κ2) is 16.2. The summed E-state index contributed by atoms with van der Waals surface area (Å²) in [4.78, 5) is 37.7. The number of amides is 2. The molecule has 42 heavy (non-hydrogen) atoms. The highest BCUT2D eigenvalue weighted by Gasteiger charge is 2.25. The molecular formula is C30H31Cl2N3O7. The quantitative estimate of drug-likeness (QED) is 0.154. The maximum absolute atomic E-state index is 13.1. The lowest BCUT2D eigenvalue weighted by Crippen LogP contribution is -2.50. The zero-order valence-electron chi connectivity index (χ0n) is 23.3. The van der Waals surface area contributed by atoms with Crippen LogP contribution in [0.4, 0.5) is 0 Å². The zero-order chi connectivity index (χ0) is 30.5. The van der Waals surface area contributed by atoms with E-state index in [0.717, 1.165) is 5.56 Å². The standard InChI is InChI=1S/C30H31Cl2N3O7/c1-4-40-28(36)18-41-26-12-10-21(15-27(26)39-3)17-33-35-30(38)24(14-20-8-6-5-7-9-20)34-29(37)19(2)42-25-13-11-22(31)16-23(25)32/h5-13,15-17,19,24H,4,14,18H2,1-3H3,(H,34,37)(H,35,38)/b33-17-/t19-,24+/m0/s1. The molecule has 0 aromatic heterocycles. The fourth-order valence-corrected chi connectivity index (χ4v) is 4.09. The number of hydrazone groups is 1. The highest BCUT2D eigenvalue weighted by Crippen LogP contribution is 2.29. The van der Waals surface area contributed by atoms with Gasteiger partial charge in [-0.1, -0.05) is 53.5 Å². The molecule has 10 nitrogen and oxygen atoms in total. The van der Waals surface area contributed by atoms with Gasteiger partial charge in [-0.05, 0) is 61.4 Å². The number of ether oxygens (including phenoxy) is 4. The molecule has 0 fully saturated rings. The average Bonchev–Trinajstić information content (AvgIpc) is 2.98. The largest absolute Gasteiger partial charge is 0.493 e. The van der Waals surface area contributed by atoms with Gasteiger partial charge in [0.15, 0.2) is 24.2 Å². The topological polar surface area (TPSA) is 125 Å². The molecule has 0 saturated carbocycles. The number of rotatable bonds is 14. The first-order chi connectivity index (χ1) is 20.2. The van der Waals surface area contributed by atoms with Gasteiger partial charge in [-0.3, -0.25) is 9.59 Å². The number of benzene rings is 3. The lowest BCUT2D eigenvalue weighted by atomic mass is 10.1. The summed E-state index contributed by atoms with van der Waals surface area (Å²) >= 11 is 12.1. The van der Waals surface area contributed by atoms with Gasteiger partial charge in [-0.25, -0.2) is 10.2 Å². The Hall–Kier alpha value is -4.28. The van der Waals surface area contributed by atoms with E-state index in [4.69, 9.17) is 42.1 Å². The molecule has 2 amide bonds. The highest BCUT2D eigenvalue weighted by atomic mass is 35.5. The van der Waals surface area contributed by atoms with Gasteiger partial charge < -0.3 is 24.3 Å². The number of hydrogen-bond donors (Lipinski definition) is 2. The number of hydrogen-bond acceptors (Lipinski definition) is 8. The van der Waals surface area contributed by atoms with E-state index < -0.39 is 29.9 Å². The third-order valence-corrected chi connectivity index (χ3v) is 6.24. The lowest BCUT2D eigenvalue weighted by Gasteiger charge is -2.21. The zero-order valence-corrected chi connectivity index (χ0v) is 24.8. The minimum atomic E-state index is -0.963. The Labute approximate surface area is 253 Å². The van der Waals surface area contributed by atoms with E-state index >= 15 is 0 Å². The molecule has 0 saturated heterocycles. The second-order valence-electron chi connectivity index (χ2n) is 8.82. The predicted octanol–water partition coefficient (Wildman–Crippen LogP) is 4.59. The maximum atomic E-state index is 13.1. The normalized spacial score (nSPS) is 12.2. The van der Waals surface area contributed by atoms with Crippen LogP contribution in [0.1, 0.15) is 25.0 Å². The van der Waals surface area contributed by atoms with E-state index in [1.165, 1.54) is 19.4 Å². The van der Waals surface area contributed by atoms with Crippen molar-refractivity contribution < 1.29 is 33.3 Å². The molecule has 3 aromatic rings. The summed E-state index contributed by atoms with van der Waals surface area (Å²) in [6, 6.07) is 17.8. The number of esters is 1. The lowest BCUT2D eigenvalue weighted by molar-refractivity contribution is -0.145. The van der Waals surface area contributed by atoms with E-state index in [9.17, 15) is 14.4 Å². The first-order valence-corrected chi connectivity index (χ1v) is 13.7. The van der Waals surface area contributed by atoms with Crippen LogP contribution in [0.15, 0.2) is 71.8 Å². The molecule has 0 radical (unpaired) electrons. The minimum Gasteiger partial charge on any atom is -0.493 e. The fourth-order valence-electron chi connectivity index (χ4n) is 3.63.